The number of rotatable bonds is 14. The lowest BCUT2D eigenvalue weighted by Gasteiger charge is -2.43. The number of unbranched alkanes of at least 4 members (excludes halogenated alkanes) is 2. The summed E-state index contributed by atoms with van der Waals surface area (Å²) in [5.74, 6) is 1.23. The number of alkyl halides is 1. The van der Waals surface area contributed by atoms with Gasteiger partial charge in [0.05, 0.1) is 6.61 Å². The maximum Gasteiger partial charge on any atom is 0.508 e. The van der Waals surface area contributed by atoms with Gasteiger partial charge in [0.15, 0.2) is 6.17 Å². The van der Waals surface area contributed by atoms with Gasteiger partial charge in [0.1, 0.15) is 31.0 Å². The van der Waals surface area contributed by atoms with Crippen LogP contribution >= 0.6 is 11.8 Å². The third-order valence-electron chi connectivity index (χ3n) is 7.79. The number of hydrogen-bond donors (Lipinski definition) is 0. The maximum atomic E-state index is 16.0. The summed E-state index contributed by atoms with van der Waals surface area (Å²) >= 11 is 1.86. The topological polar surface area (TPSA) is 63.2 Å². The Kier molecular flexibility index (Phi) is 12.3. The maximum absolute atomic E-state index is 16.0. The molecule has 226 valence electrons. The summed E-state index contributed by atoms with van der Waals surface area (Å²) in [7, 11) is 0. The van der Waals surface area contributed by atoms with Gasteiger partial charge in [-0.2, -0.15) is 0 Å². The van der Waals surface area contributed by atoms with E-state index in [0.717, 1.165) is 43.4 Å². The van der Waals surface area contributed by atoms with Crippen molar-refractivity contribution < 1.29 is 32.9 Å². The summed E-state index contributed by atoms with van der Waals surface area (Å²) < 4.78 is 45.1. The standard InChI is InChI=1S/C33H45FO6S/c1-5-9-17-37-31-29(34)27(20-39-33(35)36-8-4)40-30(32(31)38-18-10-6-2)24-15-16-28-25(19-24)26(21-41-28)23-13-11-22(7-3)12-14-23/h11-16,19,26-27,29-32H,5-10,17-18,20-21H2,1-4H3/t26-,27?,29?,30?,31?,32?/m0/s1. The SMILES string of the molecule is CCCCOC1C(c2ccc3c(c2)[C@H](c2ccc(CC)cc2)CS3)OC(COC(=O)OCC)C(F)C1OCCCC. The number of fused-ring (bicyclic) bond motifs is 1. The van der Waals surface area contributed by atoms with E-state index in [1.807, 2.05) is 11.8 Å². The molecule has 0 aliphatic carbocycles. The second-order valence-electron chi connectivity index (χ2n) is 10.7. The predicted octanol–water partition coefficient (Wildman–Crippen LogP) is 7.81. The van der Waals surface area contributed by atoms with Crippen molar-refractivity contribution in [2.75, 3.05) is 32.2 Å². The van der Waals surface area contributed by atoms with E-state index in [-0.39, 0.29) is 19.1 Å². The lowest BCUT2D eigenvalue weighted by molar-refractivity contribution is -0.241. The fourth-order valence-corrected chi connectivity index (χ4v) is 6.63. The van der Waals surface area contributed by atoms with Crippen molar-refractivity contribution in [1.29, 1.82) is 0 Å². The fourth-order valence-electron chi connectivity index (χ4n) is 5.38. The van der Waals surface area contributed by atoms with Gasteiger partial charge >= 0.3 is 6.16 Å². The molecule has 2 aromatic rings. The highest BCUT2D eigenvalue weighted by atomic mass is 32.2. The normalized spacial score (nSPS) is 25.6. The number of ether oxygens (including phenoxy) is 5. The van der Waals surface area contributed by atoms with Crippen LogP contribution in [0.25, 0.3) is 0 Å². The van der Waals surface area contributed by atoms with Gasteiger partial charge in [-0.3, -0.25) is 0 Å². The molecule has 5 unspecified atom stereocenters. The highest BCUT2D eigenvalue weighted by Crippen LogP contribution is 2.46. The second-order valence-corrected chi connectivity index (χ2v) is 11.7. The molecule has 0 spiro atoms. The van der Waals surface area contributed by atoms with Gasteiger partial charge in [0, 0.05) is 29.8 Å². The Balaban J connectivity index is 1.65. The molecule has 4 rings (SSSR count). The molecule has 0 bridgehead atoms. The van der Waals surface area contributed by atoms with E-state index in [1.54, 1.807) is 6.92 Å². The summed E-state index contributed by atoms with van der Waals surface area (Å²) in [5, 5.41) is 0. The molecule has 6 atom stereocenters. The molecular weight excluding hydrogens is 543 g/mol. The van der Waals surface area contributed by atoms with E-state index in [9.17, 15) is 4.79 Å². The Morgan fingerprint density at radius 2 is 1.61 bits per heavy atom. The van der Waals surface area contributed by atoms with E-state index >= 15 is 4.39 Å². The summed E-state index contributed by atoms with van der Waals surface area (Å²) in [6, 6.07) is 15.3. The number of thioether (sulfide) groups is 1. The molecule has 2 heterocycles. The first-order valence-electron chi connectivity index (χ1n) is 15.2. The van der Waals surface area contributed by atoms with Crippen molar-refractivity contribution in [1.82, 2.24) is 0 Å². The van der Waals surface area contributed by atoms with Crippen LogP contribution in [0, 0.1) is 0 Å². The van der Waals surface area contributed by atoms with Gasteiger partial charge in [-0.1, -0.05) is 70.0 Å². The lowest BCUT2D eigenvalue weighted by Crippen LogP contribution is -2.56. The van der Waals surface area contributed by atoms with Crippen LogP contribution in [0.4, 0.5) is 9.18 Å². The zero-order valence-corrected chi connectivity index (χ0v) is 25.6. The van der Waals surface area contributed by atoms with E-state index in [2.05, 4.69) is 63.2 Å². The average molecular weight is 589 g/mol. The molecule has 0 aromatic heterocycles. The van der Waals surface area contributed by atoms with Crippen molar-refractivity contribution in [3.63, 3.8) is 0 Å². The number of halogens is 1. The Labute approximate surface area is 248 Å². The molecule has 2 aliphatic rings. The number of benzene rings is 2. The first-order chi connectivity index (χ1) is 20.0. The van der Waals surface area contributed by atoms with E-state index < -0.39 is 36.7 Å². The molecule has 1 saturated heterocycles. The summed E-state index contributed by atoms with van der Waals surface area (Å²) in [6.45, 7) is 8.85. The van der Waals surface area contributed by atoms with Crippen molar-refractivity contribution in [2.24, 2.45) is 0 Å². The summed E-state index contributed by atoms with van der Waals surface area (Å²) in [4.78, 5) is 13.2. The minimum absolute atomic E-state index is 0.178. The fraction of sp³-hybridized carbons (Fsp3) is 0.606. The molecule has 0 N–H and O–H groups in total. The molecule has 0 saturated carbocycles. The van der Waals surface area contributed by atoms with Gasteiger partial charge in [0.2, 0.25) is 0 Å². The Morgan fingerprint density at radius 1 is 0.927 bits per heavy atom. The molecule has 0 amide bonds. The molecule has 1 fully saturated rings. The quantitative estimate of drug-likeness (QED) is 0.165. The monoisotopic (exact) mass is 588 g/mol. The number of carbonyl (C=O) groups excluding carboxylic acids is 1. The van der Waals surface area contributed by atoms with Crippen molar-refractivity contribution in [3.8, 4) is 0 Å². The number of aryl methyl sites for hydroxylation is 1. The molecule has 6 nitrogen and oxygen atoms in total. The number of carbonyl (C=O) groups is 1. The van der Waals surface area contributed by atoms with Crippen LogP contribution in [0.2, 0.25) is 0 Å². The van der Waals surface area contributed by atoms with Crippen LogP contribution < -0.4 is 0 Å². The Bertz CT molecular complexity index is 1100. The van der Waals surface area contributed by atoms with Gasteiger partial charge in [-0.15, -0.1) is 11.8 Å². The van der Waals surface area contributed by atoms with Crippen LogP contribution in [0.15, 0.2) is 47.4 Å². The van der Waals surface area contributed by atoms with Gasteiger partial charge in [-0.25, -0.2) is 9.18 Å². The predicted molar refractivity (Wildman–Crippen MR) is 160 cm³/mol. The van der Waals surface area contributed by atoms with Crippen molar-refractivity contribution in [3.05, 3.63) is 64.7 Å². The highest BCUT2D eigenvalue weighted by molar-refractivity contribution is 7.99. The smallest absolute Gasteiger partial charge is 0.435 e. The molecule has 8 heteroatoms. The minimum Gasteiger partial charge on any atom is -0.435 e. The average Bonchev–Trinajstić information content (AvgIpc) is 3.41. The van der Waals surface area contributed by atoms with E-state index in [4.69, 9.17) is 23.7 Å². The van der Waals surface area contributed by atoms with Gasteiger partial charge in [-0.05, 0) is 54.5 Å². The molecule has 2 aliphatic heterocycles. The van der Waals surface area contributed by atoms with Crippen LogP contribution in [0.1, 0.15) is 87.7 Å². The van der Waals surface area contributed by atoms with Crippen LogP contribution in [-0.4, -0.2) is 62.8 Å². The third-order valence-corrected chi connectivity index (χ3v) is 8.97. The largest absolute Gasteiger partial charge is 0.508 e. The zero-order chi connectivity index (χ0) is 29.2. The third kappa shape index (κ3) is 8.04. The van der Waals surface area contributed by atoms with Gasteiger partial charge in [0.25, 0.3) is 0 Å². The first kappa shape index (κ1) is 31.8. The van der Waals surface area contributed by atoms with Crippen LogP contribution in [-0.2, 0) is 30.1 Å². The number of hydrogen-bond acceptors (Lipinski definition) is 7. The summed E-state index contributed by atoms with van der Waals surface area (Å²) in [5.41, 5.74) is 4.77. The molecule has 0 radical (unpaired) electrons. The molecular formula is C33H45FO6S. The van der Waals surface area contributed by atoms with Gasteiger partial charge < -0.3 is 23.7 Å². The zero-order valence-electron chi connectivity index (χ0n) is 24.8. The molecule has 41 heavy (non-hydrogen) atoms. The Hall–Kier alpha value is -2.13. The second kappa shape index (κ2) is 15.9. The highest BCUT2D eigenvalue weighted by Gasteiger charge is 2.49. The lowest BCUT2D eigenvalue weighted by atomic mass is 9.87. The first-order valence-corrected chi connectivity index (χ1v) is 16.2. The molecule has 2 aromatic carbocycles. The van der Waals surface area contributed by atoms with Crippen LogP contribution in [0.5, 0.6) is 0 Å². The van der Waals surface area contributed by atoms with Crippen LogP contribution in [0.3, 0.4) is 0 Å². The summed E-state index contributed by atoms with van der Waals surface area (Å²) in [6.07, 6.45) is -0.876. The van der Waals surface area contributed by atoms with E-state index in [1.165, 1.54) is 21.6 Å². The van der Waals surface area contributed by atoms with Crippen molar-refractivity contribution >= 4 is 17.9 Å². The minimum atomic E-state index is -1.53. The van der Waals surface area contributed by atoms with Crippen molar-refractivity contribution in [2.45, 2.75) is 101 Å². The Morgan fingerprint density at radius 3 is 2.27 bits per heavy atom. The van der Waals surface area contributed by atoms with E-state index in [0.29, 0.717) is 13.2 Å².